The van der Waals surface area contributed by atoms with Crippen LogP contribution in [0.25, 0.3) is 11.5 Å². The molecule has 0 aliphatic heterocycles. The summed E-state index contributed by atoms with van der Waals surface area (Å²) in [7, 11) is 0. The zero-order valence-electron chi connectivity index (χ0n) is 12.8. The summed E-state index contributed by atoms with van der Waals surface area (Å²) in [5.74, 6) is 1.91. The SMILES string of the molecule is Cc1sc(N)c(-c2nc(C3CCCCCCC3)no2)c1C. The maximum Gasteiger partial charge on any atom is 0.261 e. The summed E-state index contributed by atoms with van der Waals surface area (Å²) < 4.78 is 5.52. The second-order valence-electron chi connectivity index (χ2n) is 6.02. The van der Waals surface area contributed by atoms with E-state index in [1.165, 1.54) is 49.8 Å². The van der Waals surface area contributed by atoms with Crippen LogP contribution in [0.15, 0.2) is 4.52 Å². The third-order valence-electron chi connectivity index (χ3n) is 4.54. The number of nitrogens with two attached hydrogens (primary N) is 1. The zero-order valence-corrected chi connectivity index (χ0v) is 13.6. The van der Waals surface area contributed by atoms with Crippen molar-refractivity contribution in [1.82, 2.24) is 10.1 Å². The quantitative estimate of drug-likeness (QED) is 0.863. The van der Waals surface area contributed by atoms with Crippen LogP contribution >= 0.6 is 11.3 Å². The van der Waals surface area contributed by atoms with Gasteiger partial charge in [-0.2, -0.15) is 4.98 Å². The molecule has 2 aromatic heterocycles. The zero-order chi connectivity index (χ0) is 14.8. The van der Waals surface area contributed by atoms with Crippen LogP contribution in [-0.2, 0) is 0 Å². The molecule has 0 spiro atoms. The Hall–Kier alpha value is -1.36. The van der Waals surface area contributed by atoms with Gasteiger partial charge >= 0.3 is 0 Å². The Bertz CT molecular complexity index is 609. The molecule has 2 aromatic rings. The summed E-state index contributed by atoms with van der Waals surface area (Å²) in [4.78, 5) is 5.88. The maximum absolute atomic E-state index is 6.10. The molecule has 4 nitrogen and oxygen atoms in total. The summed E-state index contributed by atoms with van der Waals surface area (Å²) in [5, 5.41) is 5.02. The topological polar surface area (TPSA) is 64.9 Å². The van der Waals surface area contributed by atoms with Gasteiger partial charge < -0.3 is 10.3 Å². The van der Waals surface area contributed by atoms with Crippen molar-refractivity contribution in [1.29, 1.82) is 0 Å². The number of nitrogens with zero attached hydrogens (tertiary/aromatic N) is 2. The molecule has 1 aliphatic carbocycles. The molecular weight excluding hydrogens is 282 g/mol. The van der Waals surface area contributed by atoms with E-state index in [4.69, 9.17) is 10.3 Å². The van der Waals surface area contributed by atoms with E-state index in [1.54, 1.807) is 11.3 Å². The minimum absolute atomic E-state index is 0.448. The molecule has 0 radical (unpaired) electrons. The molecule has 1 saturated carbocycles. The van der Waals surface area contributed by atoms with Crippen LogP contribution < -0.4 is 5.73 Å². The number of hydrogen-bond donors (Lipinski definition) is 1. The first-order valence-corrected chi connectivity index (χ1v) is 8.68. The molecular formula is C16H23N3OS. The van der Waals surface area contributed by atoms with Gasteiger partial charge in [-0.15, -0.1) is 11.3 Å². The van der Waals surface area contributed by atoms with Crippen molar-refractivity contribution in [3.05, 3.63) is 16.3 Å². The van der Waals surface area contributed by atoms with Gasteiger partial charge in [-0.3, -0.25) is 0 Å². The van der Waals surface area contributed by atoms with Crippen LogP contribution in [0.4, 0.5) is 5.00 Å². The highest BCUT2D eigenvalue weighted by molar-refractivity contribution is 7.16. The van der Waals surface area contributed by atoms with E-state index in [9.17, 15) is 0 Å². The van der Waals surface area contributed by atoms with E-state index in [2.05, 4.69) is 24.0 Å². The lowest BCUT2D eigenvalue weighted by atomic mass is 9.91. The lowest BCUT2D eigenvalue weighted by Crippen LogP contribution is -2.04. The molecule has 0 saturated heterocycles. The molecule has 0 amide bonds. The van der Waals surface area contributed by atoms with E-state index in [1.807, 2.05) is 0 Å². The molecule has 0 atom stereocenters. The average Bonchev–Trinajstić information content (AvgIpc) is 2.96. The molecule has 1 fully saturated rings. The van der Waals surface area contributed by atoms with Gasteiger partial charge in [-0.25, -0.2) is 0 Å². The first-order chi connectivity index (χ1) is 10.2. The van der Waals surface area contributed by atoms with Crippen LogP contribution in [0.1, 0.15) is 67.1 Å². The van der Waals surface area contributed by atoms with Crippen molar-refractivity contribution < 1.29 is 4.52 Å². The van der Waals surface area contributed by atoms with Crippen molar-refractivity contribution >= 4 is 16.3 Å². The number of aryl methyl sites for hydroxylation is 1. The third kappa shape index (κ3) is 2.98. The third-order valence-corrected chi connectivity index (χ3v) is 5.57. The largest absolute Gasteiger partial charge is 0.390 e. The summed E-state index contributed by atoms with van der Waals surface area (Å²) in [6.45, 7) is 4.14. The molecule has 0 unspecified atom stereocenters. The van der Waals surface area contributed by atoms with Crippen molar-refractivity contribution in [2.24, 2.45) is 0 Å². The van der Waals surface area contributed by atoms with Gasteiger partial charge in [0, 0.05) is 10.8 Å². The highest BCUT2D eigenvalue weighted by Crippen LogP contribution is 2.38. The predicted molar refractivity (Wildman–Crippen MR) is 86.6 cm³/mol. The average molecular weight is 305 g/mol. The van der Waals surface area contributed by atoms with Crippen molar-refractivity contribution in [2.45, 2.75) is 64.7 Å². The van der Waals surface area contributed by atoms with Gasteiger partial charge in [0.25, 0.3) is 5.89 Å². The van der Waals surface area contributed by atoms with Crippen molar-refractivity contribution in [2.75, 3.05) is 5.73 Å². The lowest BCUT2D eigenvalue weighted by Gasteiger charge is -2.15. The second kappa shape index (κ2) is 6.18. The standard InChI is InChI=1S/C16H23N3OS/c1-10-11(2)21-14(17)13(10)16-18-15(19-20-16)12-8-6-4-3-5-7-9-12/h12H,3-9,17H2,1-2H3. The Morgan fingerprint density at radius 1 is 1.10 bits per heavy atom. The molecule has 2 N–H and O–H groups in total. The molecule has 1 aliphatic rings. The Balaban J connectivity index is 1.85. The number of thiophene rings is 1. The van der Waals surface area contributed by atoms with Gasteiger partial charge in [0.05, 0.1) is 10.6 Å². The van der Waals surface area contributed by atoms with Gasteiger partial charge in [0.2, 0.25) is 0 Å². The summed E-state index contributed by atoms with van der Waals surface area (Å²) >= 11 is 1.59. The van der Waals surface area contributed by atoms with E-state index in [0.717, 1.165) is 22.0 Å². The molecule has 114 valence electrons. The monoisotopic (exact) mass is 305 g/mol. The summed E-state index contributed by atoms with van der Waals surface area (Å²) in [6.07, 6.45) is 8.93. The molecule has 2 heterocycles. The second-order valence-corrected chi connectivity index (χ2v) is 7.28. The number of rotatable bonds is 2. The molecule has 0 aromatic carbocycles. The number of nitrogen functional groups attached to an aromatic ring is 1. The van der Waals surface area contributed by atoms with Gasteiger partial charge in [-0.1, -0.05) is 37.3 Å². The van der Waals surface area contributed by atoms with E-state index >= 15 is 0 Å². The predicted octanol–water partition coefficient (Wildman–Crippen LogP) is 4.83. The Kier molecular flexibility index (Phi) is 4.29. The van der Waals surface area contributed by atoms with Gasteiger partial charge in [0.1, 0.15) is 0 Å². The minimum atomic E-state index is 0.448. The van der Waals surface area contributed by atoms with Crippen LogP contribution in [0, 0.1) is 13.8 Å². The number of hydrogen-bond acceptors (Lipinski definition) is 5. The smallest absolute Gasteiger partial charge is 0.261 e. The van der Waals surface area contributed by atoms with Crippen molar-refractivity contribution in [3.63, 3.8) is 0 Å². The fourth-order valence-corrected chi connectivity index (χ4v) is 4.06. The van der Waals surface area contributed by atoms with Gasteiger partial charge in [-0.05, 0) is 32.3 Å². The fourth-order valence-electron chi connectivity index (χ4n) is 3.14. The molecule has 3 rings (SSSR count). The maximum atomic E-state index is 6.10. The molecule has 5 heteroatoms. The van der Waals surface area contributed by atoms with Crippen LogP contribution in [0.5, 0.6) is 0 Å². The first kappa shape index (κ1) is 14.6. The Morgan fingerprint density at radius 2 is 1.76 bits per heavy atom. The Morgan fingerprint density at radius 3 is 2.38 bits per heavy atom. The van der Waals surface area contributed by atoms with E-state index in [0.29, 0.717) is 11.8 Å². The fraction of sp³-hybridized carbons (Fsp3) is 0.625. The molecule has 0 bridgehead atoms. The first-order valence-electron chi connectivity index (χ1n) is 7.86. The summed E-state index contributed by atoms with van der Waals surface area (Å²) in [6, 6.07) is 0. The van der Waals surface area contributed by atoms with Crippen LogP contribution in [0.2, 0.25) is 0 Å². The van der Waals surface area contributed by atoms with Crippen LogP contribution in [-0.4, -0.2) is 10.1 Å². The highest BCUT2D eigenvalue weighted by atomic mass is 32.1. The van der Waals surface area contributed by atoms with Crippen LogP contribution in [0.3, 0.4) is 0 Å². The Labute approximate surface area is 129 Å². The number of aromatic nitrogens is 2. The summed E-state index contributed by atoms with van der Waals surface area (Å²) in [5.41, 5.74) is 8.19. The van der Waals surface area contributed by atoms with E-state index in [-0.39, 0.29) is 0 Å². The van der Waals surface area contributed by atoms with Crippen molar-refractivity contribution in [3.8, 4) is 11.5 Å². The minimum Gasteiger partial charge on any atom is -0.390 e. The van der Waals surface area contributed by atoms with Gasteiger partial charge in [0.15, 0.2) is 5.82 Å². The lowest BCUT2D eigenvalue weighted by molar-refractivity contribution is 0.393. The number of anilines is 1. The highest BCUT2D eigenvalue weighted by Gasteiger charge is 2.23. The van der Waals surface area contributed by atoms with E-state index < -0.39 is 0 Å². The normalized spacial score (nSPS) is 17.6. The molecule has 21 heavy (non-hydrogen) atoms.